The highest BCUT2D eigenvalue weighted by Gasteiger charge is 2.69. The fraction of sp³-hybridized carbons (Fsp3) is 0.765. The van der Waals surface area contributed by atoms with E-state index in [4.69, 9.17) is 4.84 Å². The summed E-state index contributed by atoms with van der Waals surface area (Å²) < 4.78 is 0. The van der Waals surface area contributed by atoms with Gasteiger partial charge >= 0.3 is 0 Å². The quantitative estimate of drug-likeness (QED) is 0.396. The number of hydrogen-bond acceptors (Lipinski definition) is 5. The highest BCUT2D eigenvalue weighted by molar-refractivity contribution is 6.04. The number of allylic oxidation sites excluding steroid dienone is 4. The molecule has 5 aliphatic carbocycles. The summed E-state index contributed by atoms with van der Waals surface area (Å²) in [6.07, 6.45) is 12.0. The van der Waals surface area contributed by atoms with Crippen LogP contribution >= 0.6 is 0 Å². The number of nitrogens with zero attached hydrogens (tertiary/aromatic N) is 1. The molecule has 3 saturated carbocycles. The Morgan fingerprint density at radius 3 is 2.38 bits per heavy atom. The minimum absolute atomic E-state index is 0.0314. The maximum atomic E-state index is 14.5. The molecule has 7 atom stereocenters. The number of carbonyl (C=O) groups is 3. The molecule has 1 amide bonds. The molecule has 0 aromatic heterocycles. The lowest BCUT2D eigenvalue weighted by Gasteiger charge is -2.69. The van der Waals surface area contributed by atoms with Crippen LogP contribution in [0, 0.1) is 61.6 Å². The number of nitriles is 1. The molecule has 3 fully saturated rings. The maximum absolute atomic E-state index is 14.5. The van der Waals surface area contributed by atoms with Crippen LogP contribution in [-0.4, -0.2) is 24.6 Å². The summed E-state index contributed by atoms with van der Waals surface area (Å²) in [5.41, 5.74) is 2.35. The summed E-state index contributed by atoms with van der Waals surface area (Å²) in [5, 5.41) is 9.92. The van der Waals surface area contributed by atoms with E-state index in [1.165, 1.54) is 7.11 Å². The highest BCUT2D eigenvalue weighted by atomic mass is 16.6. The molecule has 0 radical (unpaired) electrons. The van der Waals surface area contributed by atoms with E-state index in [9.17, 15) is 19.6 Å². The standard InChI is InChI=1S/C34H48N2O4/c1-29(2)13-15-34(12-10-26(38)36-40-8)16-14-33(7)27(22(34)19-29)23(37)17-25-31(5)18-21(20-35)28(39)30(3,4)24(31)9-11-32(25,33)6/h17-18,22,24,27H,9-16,19H2,1-8H3,(H,36,38). The van der Waals surface area contributed by atoms with Crippen molar-refractivity contribution in [2.24, 2.45) is 50.2 Å². The maximum Gasteiger partial charge on any atom is 0.243 e. The fourth-order valence-electron chi connectivity index (χ4n) is 10.7. The normalized spacial score (nSPS) is 43.1. The summed E-state index contributed by atoms with van der Waals surface area (Å²) in [7, 11) is 1.47. The Morgan fingerprint density at radius 1 is 1.05 bits per heavy atom. The third kappa shape index (κ3) is 3.86. The predicted octanol–water partition coefficient (Wildman–Crippen LogP) is 6.66. The van der Waals surface area contributed by atoms with E-state index in [0.29, 0.717) is 6.42 Å². The van der Waals surface area contributed by atoms with Gasteiger partial charge in [0, 0.05) is 23.2 Å². The van der Waals surface area contributed by atoms with Gasteiger partial charge in [-0.3, -0.25) is 19.2 Å². The Labute approximate surface area is 240 Å². The second-order valence-corrected chi connectivity index (χ2v) is 15.8. The van der Waals surface area contributed by atoms with Gasteiger partial charge in [-0.05, 0) is 90.9 Å². The zero-order chi connectivity index (χ0) is 29.5. The molecule has 0 heterocycles. The smallest absolute Gasteiger partial charge is 0.243 e. The first kappa shape index (κ1) is 29.2. The molecule has 5 aliphatic rings. The Kier molecular flexibility index (Phi) is 6.67. The van der Waals surface area contributed by atoms with Crippen LogP contribution in [-0.2, 0) is 19.2 Å². The second kappa shape index (κ2) is 9.12. The molecule has 7 unspecified atom stereocenters. The Hall–Kier alpha value is -2.26. The number of rotatable bonds is 4. The van der Waals surface area contributed by atoms with Gasteiger partial charge in [0.25, 0.3) is 0 Å². The van der Waals surface area contributed by atoms with Gasteiger partial charge in [-0.1, -0.05) is 60.1 Å². The van der Waals surface area contributed by atoms with Crippen LogP contribution in [0.5, 0.6) is 0 Å². The molecule has 0 bridgehead atoms. The molecule has 0 aliphatic heterocycles. The van der Waals surface area contributed by atoms with Crippen molar-refractivity contribution in [3.8, 4) is 6.07 Å². The average Bonchev–Trinajstić information content (AvgIpc) is 2.87. The molecule has 0 saturated heterocycles. The molecule has 0 spiro atoms. The number of fused-ring (bicyclic) bond motifs is 7. The first-order valence-corrected chi connectivity index (χ1v) is 15.3. The number of hydrogen-bond donors (Lipinski definition) is 1. The highest BCUT2D eigenvalue weighted by Crippen LogP contribution is 2.75. The summed E-state index contributed by atoms with van der Waals surface area (Å²) in [5.74, 6) is 0.209. The van der Waals surface area contributed by atoms with E-state index in [1.54, 1.807) is 0 Å². The molecule has 6 nitrogen and oxygen atoms in total. The summed E-state index contributed by atoms with van der Waals surface area (Å²) >= 11 is 0. The summed E-state index contributed by atoms with van der Waals surface area (Å²) in [6.45, 7) is 15.5. The topological polar surface area (TPSA) is 96.3 Å². The third-order valence-electron chi connectivity index (χ3n) is 13.1. The lowest BCUT2D eigenvalue weighted by atomic mass is 9.34. The van der Waals surface area contributed by atoms with Crippen molar-refractivity contribution in [3.63, 3.8) is 0 Å². The molecule has 5 rings (SSSR count). The van der Waals surface area contributed by atoms with Gasteiger partial charge in [-0.25, -0.2) is 5.48 Å². The van der Waals surface area contributed by atoms with Crippen molar-refractivity contribution in [1.29, 1.82) is 5.26 Å². The van der Waals surface area contributed by atoms with Crippen molar-refractivity contribution in [2.75, 3.05) is 7.11 Å². The van der Waals surface area contributed by atoms with Crippen molar-refractivity contribution in [1.82, 2.24) is 5.48 Å². The molecular weight excluding hydrogens is 500 g/mol. The second-order valence-electron chi connectivity index (χ2n) is 15.8. The largest absolute Gasteiger partial charge is 0.295 e. The van der Waals surface area contributed by atoms with Gasteiger partial charge in [0.05, 0.1) is 12.7 Å². The van der Waals surface area contributed by atoms with Crippen LogP contribution in [0.3, 0.4) is 0 Å². The minimum atomic E-state index is -0.657. The van der Waals surface area contributed by atoms with E-state index < -0.39 is 10.8 Å². The van der Waals surface area contributed by atoms with Gasteiger partial charge in [0.2, 0.25) is 5.91 Å². The fourth-order valence-corrected chi connectivity index (χ4v) is 10.7. The number of carbonyl (C=O) groups excluding carboxylic acids is 3. The summed E-state index contributed by atoms with van der Waals surface area (Å²) in [4.78, 5) is 45.2. The van der Waals surface area contributed by atoms with E-state index in [-0.39, 0.29) is 62.5 Å². The van der Waals surface area contributed by atoms with E-state index in [2.05, 4.69) is 46.2 Å². The van der Waals surface area contributed by atoms with Crippen LogP contribution in [0.1, 0.15) is 106 Å². The number of nitrogens with one attached hydrogen (secondary N) is 1. The molecular formula is C34H48N2O4. The van der Waals surface area contributed by atoms with Crippen LogP contribution in [0.25, 0.3) is 0 Å². The van der Waals surface area contributed by atoms with Crippen LogP contribution in [0.4, 0.5) is 0 Å². The number of amides is 1. The van der Waals surface area contributed by atoms with Crippen LogP contribution in [0.2, 0.25) is 0 Å². The number of ketones is 2. The number of Topliss-reactive ketones (excluding diaryl/α,β-unsaturated/α-hetero) is 1. The average molecular weight is 549 g/mol. The van der Waals surface area contributed by atoms with Gasteiger partial charge in [0.1, 0.15) is 6.07 Å². The lowest BCUT2D eigenvalue weighted by Crippen LogP contribution is -2.64. The Bertz CT molecular complexity index is 1250. The van der Waals surface area contributed by atoms with Crippen molar-refractivity contribution < 1.29 is 19.2 Å². The monoisotopic (exact) mass is 548 g/mol. The summed E-state index contributed by atoms with van der Waals surface area (Å²) in [6, 6.07) is 2.19. The molecule has 218 valence electrons. The third-order valence-corrected chi connectivity index (χ3v) is 13.1. The van der Waals surface area contributed by atoms with Crippen molar-refractivity contribution >= 4 is 17.5 Å². The zero-order valence-electron chi connectivity index (χ0n) is 25.8. The first-order valence-electron chi connectivity index (χ1n) is 15.3. The number of hydroxylamine groups is 1. The molecule has 40 heavy (non-hydrogen) atoms. The van der Waals surface area contributed by atoms with Gasteiger partial charge < -0.3 is 0 Å². The minimum Gasteiger partial charge on any atom is -0.295 e. The Morgan fingerprint density at radius 2 is 1.73 bits per heavy atom. The molecule has 6 heteroatoms. The van der Waals surface area contributed by atoms with E-state index in [1.807, 2.05) is 26.0 Å². The van der Waals surface area contributed by atoms with Crippen molar-refractivity contribution in [2.45, 2.75) is 106 Å². The van der Waals surface area contributed by atoms with Gasteiger partial charge in [0.15, 0.2) is 11.6 Å². The SMILES string of the molecule is CONC(=O)CCC12CCC(C)(C)CC1C1C(=O)C=C3C4(C)C=C(C#N)C(=O)C(C)(C)C4CCC3(C)C1(C)CC2. The van der Waals surface area contributed by atoms with Gasteiger partial charge in [-0.2, -0.15) is 5.26 Å². The van der Waals surface area contributed by atoms with E-state index >= 15 is 0 Å². The molecule has 1 N–H and O–H groups in total. The van der Waals surface area contributed by atoms with E-state index in [0.717, 1.165) is 56.9 Å². The van der Waals surface area contributed by atoms with Crippen molar-refractivity contribution in [3.05, 3.63) is 23.3 Å². The predicted molar refractivity (Wildman–Crippen MR) is 153 cm³/mol. The van der Waals surface area contributed by atoms with Crippen LogP contribution < -0.4 is 5.48 Å². The molecule has 0 aromatic rings. The van der Waals surface area contributed by atoms with Crippen LogP contribution in [0.15, 0.2) is 23.3 Å². The lowest BCUT2D eigenvalue weighted by molar-refractivity contribution is -0.173. The first-order chi connectivity index (χ1) is 18.5. The van der Waals surface area contributed by atoms with Gasteiger partial charge in [-0.15, -0.1) is 0 Å². The zero-order valence-corrected chi connectivity index (χ0v) is 25.8. The Balaban J connectivity index is 1.62. The molecule has 0 aromatic carbocycles.